The monoisotopic (exact) mass is 349 g/mol. The van der Waals surface area contributed by atoms with Gasteiger partial charge in [0.2, 0.25) is 0 Å². The molecule has 25 heavy (non-hydrogen) atoms. The zero-order valence-corrected chi connectivity index (χ0v) is 13.8. The van der Waals surface area contributed by atoms with Crippen molar-refractivity contribution in [1.82, 2.24) is 15.1 Å². The van der Waals surface area contributed by atoms with E-state index in [0.717, 1.165) is 11.8 Å². The van der Waals surface area contributed by atoms with E-state index in [1.165, 1.54) is 16.9 Å². The Kier molecular flexibility index (Phi) is 5.78. The third-order valence-corrected chi connectivity index (χ3v) is 3.82. The standard InChI is InChI=1S/C15H19N5O5/c1-10-3-4-12(5-15(10)20(24)25)11(2)16-7-14(21)9-18-8-13(6-17-18)19(22)23/h3-6,8,11,14,16,21H,7,9H2,1-2H3. The molecule has 0 aliphatic heterocycles. The molecular weight excluding hydrogens is 330 g/mol. The maximum atomic E-state index is 11.0. The summed E-state index contributed by atoms with van der Waals surface area (Å²) in [5.41, 5.74) is 1.23. The van der Waals surface area contributed by atoms with Crippen LogP contribution in [0.5, 0.6) is 0 Å². The number of benzene rings is 1. The number of aliphatic hydroxyl groups excluding tert-OH is 1. The molecule has 0 amide bonds. The number of hydrogen-bond acceptors (Lipinski definition) is 7. The fourth-order valence-corrected chi connectivity index (χ4v) is 2.35. The van der Waals surface area contributed by atoms with Crippen molar-refractivity contribution in [2.24, 2.45) is 0 Å². The Morgan fingerprint density at radius 3 is 2.64 bits per heavy atom. The highest BCUT2D eigenvalue weighted by molar-refractivity contribution is 5.43. The van der Waals surface area contributed by atoms with E-state index in [9.17, 15) is 25.3 Å². The van der Waals surface area contributed by atoms with Gasteiger partial charge in [0.05, 0.1) is 22.5 Å². The molecule has 0 radical (unpaired) electrons. The first-order chi connectivity index (χ1) is 11.8. The van der Waals surface area contributed by atoms with E-state index < -0.39 is 16.0 Å². The van der Waals surface area contributed by atoms with Crippen LogP contribution in [0, 0.1) is 27.2 Å². The van der Waals surface area contributed by atoms with Crippen molar-refractivity contribution >= 4 is 11.4 Å². The molecule has 0 spiro atoms. The van der Waals surface area contributed by atoms with Gasteiger partial charge in [-0.15, -0.1) is 0 Å². The zero-order valence-electron chi connectivity index (χ0n) is 13.8. The number of aliphatic hydroxyl groups is 1. The van der Waals surface area contributed by atoms with Crippen LogP contribution in [0.25, 0.3) is 0 Å². The van der Waals surface area contributed by atoms with Crippen molar-refractivity contribution in [2.45, 2.75) is 32.5 Å². The van der Waals surface area contributed by atoms with Gasteiger partial charge in [0.25, 0.3) is 5.69 Å². The maximum absolute atomic E-state index is 11.0. The molecule has 2 N–H and O–H groups in total. The smallest absolute Gasteiger partial charge is 0.306 e. The Morgan fingerprint density at radius 1 is 1.32 bits per heavy atom. The predicted octanol–water partition coefficient (Wildman–Crippen LogP) is 1.72. The van der Waals surface area contributed by atoms with Crippen molar-refractivity contribution in [3.05, 3.63) is 61.9 Å². The minimum Gasteiger partial charge on any atom is -0.390 e. The summed E-state index contributed by atoms with van der Waals surface area (Å²) in [4.78, 5) is 20.6. The van der Waals surface area contributed by atoms with Crippen LogP contribution in [0.3, 0.4) is 0 Å². The summed E-state index contributed by atoms with van der Waals surface area (Å²) in [6.07, 6.45) is 1.55. The van der Waals surface area contributed by atoms with E-state index in [-0.39, 0.29) is 30.5 Å². The maximum Gasteiger partial charge on any atom is 0.306 e. The molecule has 10 nitrogen and oxygen atoms in total. The Balaban J connectivity index is 1.92. The van der Waals surface area contributed by atoms with Crippen LogP contribution in [0.15, 0.2) is 30.6 Å². The number of nitro benzene ring substituents is 1. The molecule has 10 heteroatoms. The molecule has 0 aliphatic carbocycles. The molecular formula is C15H19N5O5. The number of aryl methyl sites for hydroxylation is 1. The third-order valence-electron chi connectivity index (χ3n) is 3.82. The largest absolute Gasteiger partial charge is 0.390 e. The molecule has 0 saturated carbocycles. The first-order valence-electron chi connectivity index (χ1n) is 7.61. The molecule has 1 heterocycles. The van der Waals surface area contributed by atoms with Gasteiger partial charge < -0.3 is 10.4 Å². The molecule has 0 aliphatic rings. The van der Waals surface area contributed by atoms with Crippen LogP contribution in [0.2, 0.25) is 0 Å². The number of nitrogens with one attached hydrogen (secondary N) is 1. The molecule has 0 bridgehead atoms. The van der Waals surface area contributed by atoms with Crippen LogP contribution >= 0.6 is 0 Å². The van der Waals surface area contributed by atoms with Gasteiger partial charge in [-0.2, -0.15) is 5.10 Å². The quantitative estimate of drug-likeness (QED) is 0.547. The molecule has 2 atom stereocenters. The lowest BCUT2D eigenvalue weighted by atomic mass is 10.0. The lowest BCUT2D eigenvalue weighted by Crippen LogP contribution is -2.32. The average molecular weight is 349 g/mol. The van der Waals surface area contributed by atoms with Crippen molar-refractivity contribution in [1.29, 1.82) is 0 Å². The number of aromatic nitrogens is 2. The highest BCUT2D eigenvalue weighted by Gasteiger charge is 2.16. The van der Waals surface area contributed by atoms with E-state index in [1.807, 2.05) is 6.92 Å². The van der Waals surface area contributed by atoms with Crippen molar-refractivity contribution in [2.75, 3.05) is 6.54 Å². The molecule has 134 valence electrons. The van der Waals surface area contributed by atoms with Gasteiger partial charge in [-0.25, -0.2) is 0 Å². The summed E-state index contributed by atoms with van der Waals surface area (Å²) in [6, 6.07) is 4.78. The minimum absolute atomic E-state index is 0.0514. The summed E-state index contributed by atoms with van der Waals surface area (Å²) < 4.78 is 1.30. The molecule has 0 saturated heterocycles. The molecule has 2 rings (SSSR count). The van der Waals surface area contributed by atoms with E-state index in [4.69, 9.17) is 0 Å². The minimum atomic E-state index is -0.817. The summed E-state index contributed by atoms with van der Waals surface area (Å²) in [5.74, 6) is 0. The van der Waals surface area contributed by atoms with Gasteiger partial charge in [0.1, 0.15) is 12.4 Å². The summed E-state index contributed by atoms with van der Waals surface area (Å²) in [5, 5.41) is 38.5. The van der Waals surface area contributed by atoms with Gasteiger partial charge >= 0.3 is 5.69 Å². The fraction of sp³-hybridized carbons (Fsp3) is 0.400. The summed E-state index contributed by atoms with van der Waals surface area (Å²) in [7, 11) is 0. The molecule has 2 aromatic rings. The summed E-state index contributed by atoms with van der Waals surface area (Å²) >= 11 is 0. The lowest BCUT2D eigenvalue weighted by Gasteiger charge is -2.17. The van der Waals surface area contributed by atoms with E-state index in [2.05, 4.69) is 10.4 Å². The van der Waals surface area contributed by atoms with Crippen LogP contribution in [0.1, 0.15) is 24.1 Å². The molecule has 0 fully saturated rings. The molecule has 2 unspecified atom stereocenters. The van der Waals surface area contributed by atoms with E-state index in [0.29, 0.717) is 5.56 Å². The van der Waals surface area contributed by atoms with Crippen LogP contribution in [-0.2, 0) is 6.54 Å². The van der Waals surface area contributed by atoms with Crippen LogP contribution < -0.4 is 5.32 Å². The van der Waals surface area contributed by atoms with E-state index in [1.54, 1.807) is 19.1 Å². The number of rotatable bonds is 8. The predicted molar refractivity (Wildman–Crippen MR) is 89.1 cm³/mol. The first-order valence-corrected chi connectivity index (χ1v) is 7.61. The number of nitrogens with zero attached hydrogens (tertiary/aromatic N) is 4. The van der Waals surface area contributed by atoms with Gasteiger partial charge in [0, 0.05) is 24.2 Å². The van der Waals surface area contributed by atoms with Gasteiger partial charge in [-0.3, -0.25) is 24.9 Å². The zero-order chi connectivity index (χ0) is 18.6. The van der Waals surface area contributed by atoms with Crippen molar-refractivity contribution in [3.63, 3.8) is 0 Å². The third kappa shape index (κ3) is 4.81. The number of hydrogen-bond donors (Lipinski definition) is 2. The topological polar surface area (TPSA) is 136 Å². The SMILES string of the molecule is Cc1ccc(C(C)NCC(O)Cn2cc([N+](=O)[O-])cn2)cc1[N+](=O)[O-]. The number of nitro groups is 2. The van der Waals surface area contributed by atoms with Crippen LogP contribution in [-0.4, -0.2) is 37.4 Å². The summed E-state index contributed by atoms with van der Waals surface area (Å²) in [6.45, 7) is 3.81. The normalized spacial score (nSPS) is 13.4. The van der Waals surface area contributed by atoms with Crippen molar-refractivity contribution < 1.29 is 15.0 Å². The van der Waals surface area contributed by atoms with Gasteiger partial charge in [0.15, 0.2) is 0 Å². The van der Waals surface area contributed by atoms with E-state index >= 15 is 0 Å². The highest BCUT2D eigenvalue weighted by atomic mass is 16.6. The second-order valence-electron chi connectivity index (χ2n) is 5.76. The Hall–Kier alpha value is -2.85. The second kappa shape index (κ2) is 7.81. The second-order valence-corrected chi connectivity index (χ2v) is 5.76. The average Bonchev–Trinajstić information content (AvgIpc) is 3.01. The van der Waals surface area contributed by atoms with Crippen molar-refractivity contribution in [3.8, 4) is 0 Å². The van der Waals surface area contributed by atoms with Crippen LogP contribution in [0.4, 0.5) is 11.4 Å². The molecule has 1 aromatic carbocycles. The first kappa shape index (κ1) is 18.5. The fourth-order valence-electron chi connectivity index (χ4n) is 2.35. The highest BCUT2D eigenvalue weighted by Crippen LogP contribution is 2.23. The Labute approximate surface area is 143 Å². The van der Waals surface area contributed by atoms with Gasteiger partial charge in [-0.1, -0.05) is 12.1 Å². The van der Waals surface area contributed by atoms with Gasteiger partial charge in [-0.05, 0) is 19.4 Å². The Bertz CT molecular complexity index is 775. The molecule has 1 aromatic heterocycles. The lowest BCUT2D eigenvalue weighted by molar-refractivity contribution is -0.385. The Morgan fingerprint density at radius 2 is 2.04 bits per heavy atom.